The summed E-state index contributed by atoms with van der Waals surface area (Å²) in [5.74, 6) is 1.84. The molecule has 1 unspecified atom stereocenters. The predicted octanol–water partition coefficient (Wildman–Crippen LogP) is 5.24. The largest absolute Gasteiger partial charge is 0.497 e. The SMILES string of the molecule is COc1ccc2c(c1)CCC(Nc1ccc(OCc3ccccc3)cc1)C2. The minimum atomic E-state index is 0.460. The van der Waals surface area contributed by atoms with Gasteiger partial charge in [-0.3, -0.25) is 0 Å². The smallest absolute Gasteiger partial charge is 0.119 e. The average molecular weight is 359 g/mol. The molecule has 0 heterocycles. The molecule has 0 aliphatic heterocycles. The number of ether oxygens (including phenoxy) is 2. The maximum absolute atomic E-state index is 5.87. The summed E-state index contributed by atoms with van der Waals surface area (Å²) in [7, 11) is 1.72. The van der Waals surface area contributed by atoms with Crippen molar-refractivity contribution < 1.29 is 9.47 Å². The van der Waals surface area contributed by atoms with Crippen LogP contribution < -0.4 is 14.8 Å². The first-order valence-electron chi connectivity index (χ1n) is 9.49. The van der Waals surface area contributed by atoms with Crippen molar-refractivity contribution in [2.75, 3.05) is 12.4 Å². The van der Waals surface area contributed by atoms with Crippen LogP contribution >= 0.6 is 0 Å². The van der Waals surface area contributed by atoms with Crippen LogP contribution in [0.3, 0.4) is 0 Å². The van der Waals surface area contributed by atoms with Crippen LogP contribution in [-0.2, 0) is 19.4 Å². The molecule has 138 valence electrons. The molecule has 3 heteroatoms. The normalized spacial score (nSPS) is 15.7. The van der Waals surface area contributed by atoms with Gasteiger partial charge in [-0.1, -0.05) is 36.4 Å². The van der Waals surface area contributed by atoms with Gasteiger partial charge in [-0.05, 0) is 72.4 Å². The van der Waals surface area contributed by atoms with E-state index in [4.69, 9.17) is 9.47 Å². The first kappa shape index (κ1) is 17.5. The number of methoxy groups -OCH3 is 1. The molecule has 1 aliphatic carbocycles. The molecule has 27 heavy (non-hydrogen) atoms. The number of hydrogen-bond donors (Lipinski definition) is 1. The maximum atomic E-state index is 5.87. The van der Waals surface area contributed by atoms with Crippen molar-refractivity contribution in [1.29, 1.82) is 0 Å². The lowest BCUT2D eigenvalue weighted by atomic mass is 9.88. The van der Waals surface area contributed by atoms with E-state index in [0.29, 0.717) is 12.6 Å². The molecule has 1 atom stereocenters. The molecular weight excluding hydrogens is 334 g/mol. The van der Waals surface area contributed by atoms with Gasteiger partial charge in [0.05, 0.1) is 7.11 Å². The minimum Gasteiger partial charge on any atom is -0.497 e. The lowest BCUT2D eigenvalue weighted by Crippen LogP contribution is -2.27. The van der Waals surface area contributed by atoms with Gasteiger partial charge in [0.1, 0.15) is 18.1 Å². The van der Waals surface area contributed by atoms with Crippen molar-refractivity contribution in [2.45, 2.75) is 31.9 Å². The molecule has 0 radical (unpaired) electrons. The molecule has 3 aromatic carbocycles. The number of aryl methyl sites for hydroxylation is 1. The van der Waals surface area contributed by atoms with Gasteiger partial charge in [0.15, 0.2) is 0 Å². The first-order valence-corrected chi connectivity index (χ1v) is 9.49. The number of anilines is 1. The second-order valence-electron chi connectivity index (χ2n) is 7.02. The van der Waals surface area contributed by atoms with Crippen molar-refractivity contribution in [3.05, 3.63) is 89.5 Å². The van der Waals surface area contributed by atoms with Crippen LogP contribution in [0, 0.1) is 0 Å². The topological polar surface area (TPSA) is 30.5 Å². The van der Waals surface area contributed by atoms with Gasteiger partial charge in [-0.15, -0.1) is 0 Å². The van der Waals surface area contributed by atoms with E-state index in [-0.39, 0.29) is 0 Å². The molecule has 0 saturated carbocycles. The Morgan fingerprint density at radius 2 is 1.67 bits per heavy atom. The van der Waals surface area contributed by atoms with E-state index in [1.807, 2.05) is 30.3 Å². The van der Waals surface area contributed by atoms with E-state index in [2.05, 4.69) is 47.8 Å². The Morgan fingerprint density at radius 1 is 0.889 bits per heavy atom. The number of fused-ring (bicyclic) bond motifs is 1. The number of benzene rings is 3. The molecule has 3 nitrogen and oxygen atoms in total. The molecular formula is C24H25NO2. The fourth-order valence-corrected chi connectivity index (χ4v) is 3.61. The van der Waals surface area contributed by atoms with Crippen LogP contribution in [-0.4, -0.2) is 13.2 Å². The zero-order valence-corrected chi connectivity index (χ0v) is 15.7. The summed E-state index contributed by atoms with van der Waals surface area (Å²) >= 11 is 0. The standard InChI is InChI=1S/C24H25NO2/c1-26-24-12-8-19-15-22(9-7-20(19)16-24)25-21-10-13-23(14-11-21)27-17-18-5-3-2-4-6-18/h2-6,8,10-14,16,22,25H,7,9,15,17H2,1H3. The van der Waals surface area contributed by atoms with E-state index in [9.17, 15) is 0 Å². The summed E-state index contributed by atoms with van der Waals surface area (Å²) in [4.78, 5) is 0. The van der Waals surface area contributed by atoms with E-state index in [0.717, 1.165) is 36.4 Å². The monoisotopic (exact) mass is 359 g/mol. The Morgan fingerprint density at radius 3 is 2.44 bits per heavy atom. The summed E-state index contributed by atoms with van der Waals surface area (Å²) in [5.41, 5.74) is 5.15. The molecule has 0 fully saturated rings. The molecule has 1 N–H and O–H groups in total. The van der Waals surface area contributed by atoms with Gasteiger partial charge in [0, 0.05) is 11.7 Å². The Labute approximate surface area is 161 Å². The zero-order chi connectivity index (χ0) is 18.5. The highest BCUT2D eigenvalue weighted by atomic mass is 16.5. The Bertz CT molecular complexity index is 875. The van der Waals surface area contributed by atoms with Gasteiger partial charge in [-0.2, -0.15) is 0 Å². The van der Waals surface area contributed by atoms with Crippen LogP contribution in [0.25, 0.3) is 0 Å². The second kappa shape index (κ2) is 8.17. The van der Waals surface area contributed by atoms with Crippen LogP contribution in [0.5, 0.6) is 11.5 Å². The van der Waals surface area contributed by atoms with E-state index in [1.165, 1.54) is 16.7 Å². The van der Waals surface area contributed by atoms with Crippen molar-refractivity contribution in [3.63, 3.8) is 0 Å². The Kier molecular flexibility index (Phi) is 5.29. The molecule has 4 rings (SSSR count). The van der Waals surface area contributed by atoms with Crippen LogP contribution in [0.4, 0.5) is 5.69 Å². The number of hydrogen-bond acceptors (Lipinski definition) is 3. The summed E-state index contributed by atoms with van der Waals surface area (Å²) in [6.07, 6.45) is 3.26. The van der Waals surface area contributed by atoms with Crippen LogP contribution in [0.2, 0.25) is 0 Å². The van der Waals surface area contributed by atoms with Crippen molar-refractivity contribution in [1.82, 2.24) is 0 Å². The number of nitrogens with one attached hydrogen (secondary N) is 1. The molecule has 3 aromatic rings. The van der Waals surface area contributed by atoms with Gasteiger partial charge in [-0.25, -0.2) is 0 Å². The summed E-state index contributed by atoms with van der Waals surface area (Å²) < 4.78 is 11.2. The van der Waals surface area contributed by atoms with Gasteiger partial charge in [0.2, 0.25) is 0 Å². The highest BCUT2D eigenvalue weighted by molar-refractivity contribution is 5.48. The molecule has 0 aromatic heterocycles. The van der Waals surface area contributed by atoms with Crippen molar-refractivity contribution >= 4 is 5.69 Å². The minimum absolute atomic E-state index is 0.460. The molecule has 1 aliphatic rings. The van der Waals surface area contributed by atoms with Gasteiger partial charge < -0.3 is 14.8 Å². The lowest BCUT2D eigenvalue weighted by molar-refractivity contribution is 0.306. The zero-order valence-electron chi connectivity index (χ0n) is 15.7. The third-order valence-corrected chi connectivity index (χ3v) is 5.12. The fourth-order valence-electron chi connectivity index (χ4n) is 3.61. The van der Waals surface area contributed by atoms with E-state index >= 15 is 0 Å². The first-order chi connectivity index (χ1) is 13.3. The third kappa shape index (κ3) is 4.43. The van der Waals surface area contributed by atoms with E-state index < -0.39 is 0 Å². The van der Waals surface area contributed by atoms with Gasteiger partial charge >= 0.3 is 0 Å². The molecule has 0 spiro atoms. The molecule has 0 amide bonds. The Balaban J connectivity index is 1.33. The molecule has 0 saturated heterocycles. The third-order valence-electron chi connectivity index (χ3n) is 5.12. The van der Waals surface area contributed by atoms with Crippen molar-refractivity contribution in [2.24, 2.45) is 0 Å². The van der Waals surface area contributed by atoms with E-state index in [1.54, 1.807) is 7.11 Å². The highest BCUT2D eigenvalue weighted by Gasteiger charge is 2.19. The molecule has 0 bridgehead atoms. The summed E-state index contributed by atoms with van der Waals surface area (Å²) in [6, 6.07) is 25.4. The van der Waals surface area contributed by atoms with Gasteiger partial charge in [0.25, 0.3) is 0 Å². The number of rotatable bonds is 6. The second-order valence-corrected chi connectivity index (χ2v) is 7.02. The summed E-state index contributed by atoms with van der Waals surface area (Å²) in [6.45, 7) is 0.594. The predicted molar refractivity (Wildman–Crippen MR) is 110 cm³/mol. The highest BCUT2D eigenvalue weighted by Crippen LogP contribution is 2.27. The summed E-state index contributed by atoms with van der Waals surface area (Å²) in [5, 5.41) is 3.66. The fraction of sp³-hybridized carbons (Fsp3) is 0.250. The van der Waals surface area contributed by atoms with Crippen LogP contribution in [0.1, 0.15) is 23.1 Å². The maximum Gasteiger partial charge on any atom is 0.119 e. The quantitative estimate of drug-likeness (QED) is 0.652. The van der Waals surface area contributed by atoms with Crippen LogP contribution in [0.15, 0.2) is 72.8 Å². The van der Waals surface area contributed by atoms with Crippen molar-refractivity contribution in [3.8, 4) is 11.5 Å². The Hall–Kier alpha value is -2.94. The average Bonchev–Trinajstić information content (AvgIpc) is 2.73. The lowest BCUT2D eigenvalue weighted by Gasteiger charge is -2.26.